The van der Waals surface area contributed by atoms with E-state index in [9.17, 15) is 4.79 Å². The van der Waals surface area contributed by atoms with Crippen molar-refractivity contribution >= 4 is 56.4 Å². The van der Waals surface area contributed by atoms with Crippen molar-refractivity contribution in [3.63, 3.8) is 0 Å². The highest BCUT2D eigenvalue weighted by molar-refractivity contribution is 7.19. The van der Waals surface area contributed by atoms with Crippen LogP contribution in [0, 0.1) is 0 Å². The molecule has 31 heavy (non-hydrogen) atoms. The summed E-state index contributed by atoms with van der Waals surface area (Å²) in [7, 11) is 3.78. The van der Waals surface area contributed by atoms with Gasteiger partial charge in [0, 0.05) is 42.5 Å². The Morgan fingerprint density at radius 2 is 2.23 bits per heavy atom. The van der Waals surface area contributed by atoms with Crippen LogP contribution >= 0.6 is 22.7 Å². The zero-order valence-electron chi connectivity index (χ0n) is 16.9. The summed E-state index contributed by atoms with van der Waals surface area (Å²) in [4.78, 5) is 21.8. The van der Waals surface area contributed by atoms with Crippen LogP contribution in [0.1, 0.15) is 31.5 Å². The molecule has 8 nitrogen and oxygen atoms in total. The van der Waals surface area contributed by atoms with Crippen LogP contribution < -0.4 is 0 Å². The first-order valence-corrected chi connectivity index (χ1v) is 11.3. The number of aromatic nitrogens is 5. The molecule has 5 rings (SSSR count). The van der Waals surface area contributed by atoms with Gasteiger partial charge < -0.3 is 4.57 Å². The molecule has 1 aromatic carbocycles. The third kappa shape index (κ3) is 3.64. The minimum atomic E-state index is 0.576. The Balaban J connectivity index is 1.44. The van der Waals surface area contributed by atoms with E-state index in [2.05, 4.69) is 26.3 Å². The number of aromatic amines is 1. The highest BCUT2D eigenvalue weighted by Gasteiger charge is 2.19. The zero-order chi connectivity index (χ0) is 21.4. The molecule has 0 bridgehead atoms. The standard InChI is InChI=1S/C21H19N7OS2/c1-27(10-13-4-3-5-17-15(13)8-23-26-17)24-9-16-18(11-29)28(2)21-20(16)31-19(25-21)6-14-7-22-12-30-14/h3-5,7-9,11-12H,6,10H2,1-2H3,(H,23,26)/b24-9-. The number of aryl methyl sites for hydroxylation is 1. The van der Waals surface area contributed by atoms with Crippen molar-refractivity contribution in [3.8, 4) is 0 Å². The molecule has 0 spiro atoms. The molecule has 4 heterocycles. The fourth-order valence-electron chi connectivity index (χ4n) is 3.60. The Hall–Kier alpha value is -3.37. The van der Waals surface area contributed by atoms with E-state index in [-0.39, 0.29) is 0 Å². The number of aldehydes is 1. The van der Waals surface area contributed by atoms with Crippen molar-refractivity contribution < 1.29 is 4.79 Å². The number of nitrogens with one attached hydrogen (secondary N) is 1. The predicted octanol–water partition coefficient (Wildman–Crippen LogP) is 3.84. The Morgan fingerprint density at radius 1 is 1.32 bits per heavy atom. The topological polar surface area (TPSA) is 92.1 Å². The number of thiazole rings is 2. The lowest BCUT2D eigenvalue weighted by molar-refractivity contribution is 0.111. The van der Waals surface area contributed by atoms with Crippen LogP contribution in [0.5, 0.6) is 0 Å². The molecule has 0 unspecified atom stereocenters. The molecule has 0 saturated carbocycles. The van der Waals surface area contributed by atoms with Gasteiger partial charge in [-0.3, -0.25) is 19.9 Å². The summed E-state index contributed by atoms with van der Waals surface area (Å²) >= 11 is 3.21. The molecule has 0 fully saturated rings. The van der Waals surface area contributed by atoms with E-state index < -0.39 is 0 Å². The molecule has 0 amide bonds. The zero-order valence-corrected chi connectivity index (χ0v) is 18.6. The summed E-state index contributed by atoms with van der Waals surface area (Å²) < 4.78 is 2.81. The third-order valence-electron chi connectivity index (χ3n) is 5.13. The van der Waals surface area contributed by atoms with Crippen molar-refractivity contribution in [3.05, 3.63) is 62.8 Å². The van der Waals surface area contributed by atoms with Gasteiger partial charge in [-0.2, -0.15) is 10.2 Å². The van der Waals surface area contributed by atoms with Crippen molar-refractivity contribution in [1.29, 1.82) is 0 Å². The summed E-state index contributed by atoms with van der Waals surface area (Å²) in [6.07, 6.45) is 7.06. The second kappa shape index (κ2) is 8.05. The number of hydrazone groups is 1. The van der Waals surface area contributed by atoms with Gasteiger partial charge >= 0.3 is 0 Å². The quantitative estimate of drug-likeness (QED) is 0.232. The molecule has 0 aliphatic heterocycles. The van der Waals surface area contributed by atoms with E-state index in [0.29, 0.717) is 12.2 Å². The maximum absolute atomic E-state index is 11.8. The first kappa shape index (κ1) is 19.6. The van der Waals surface area contributed by atoms with Gasteiger partial charge in [0.05, 0.1) is 40.4 Å². The van der Waals surface area contributed by atoms with Gasteiger partial charge in [-0.25, -0.2) is 4.98 Å². The lowest BCUT2D eigenvalue weighted by Gasteiger charge is -2.13. The molecule has 0 aliphatic carbocycles. The Morgan fingerprint density at radius 3 is 3.03 bits per heavy atom. The SMILES string of the molecule is CN(Cc1cccc2[nH]ncc12)/N=C\c1c(C=O)n(C)c2nc(Cc3cncs3)sc12. The summed E-state index contributed by atoms with van der Waals surface area (Å²) in [5.41, 5.74) is 6.14. The highest BCUT2D eigenvalue weighted by atomic mass is 32.1. The van der Waals surface area contributed by atoms with Gasteiger partial charge in [0.25, 0.3) is 0 Å². The monoisotopic (exact) mass is 449 g/mol. The molecule has 4 aromatic heterocycles. The number of H-pyrrole nitrogens is 1. The van der Waals surface area contributed by atoms with Crippen LogP contribution in [0.3, 0.4) is 0 Å². The molecule has 1 N–H and O–H groups in total. The lowest BCUT2D eigenvalue weighted by Crippen LogP contribution is -2.11. The minimum absolute atomic E-state index is 0.576. The summed E-state index contributed by atoms with van der Waals surface area (Å²) in [6, 6.07) is 6.07. The normalized spacial score (nSPS) is 11.8. The van der Waals surface area contributed by atoms with Crippen molar-refractivity contribution in [2.45, 2.75) is 13.0 Å². The van der Waals surface area contributed by atoms with Crippen molar-refractivity contribution in [2.75, 3.05) is 7.05 Å². The van der Waals surface area contributed by atoms with E-state index >= 15 is 0 Å². The van der Waals surface area contributed by atoms with Gasteiger partial charge in [-0.15, -0.1) is 22.7 Å². The highest BCUT2D eigenvalue weighted by Crippen LogP contribution is 2.30. The van der Waals surface area contributed by atoms with Crippen LogP contribution in [0.4, 0.5) is 0 Å². The average Bonchev–Trinajstić information content (AvgIpc) is 3.54. The second-order valence-electron chi connectivity index (χ2n) is 7.19. The predicted molar refractivity (Wildman–Crippen MR) is 124 cm³/mol. The van der Waals surface area contributed by atoms with Gasteiger partial charge in [-0.1, -0.05) is 12.1 Å². The van der Waals surface area contributed by atoms with E-state index in [1.807, 2.05) is 53.7 Å². The van der Waals surface area contributed by atoms with E-state index in [0.717, 1.165) is 55.0 Å². The molecular weight excluding hydrogens is 430 g/mol. The number of nitrogens with zero attached hydrogens (tertiary/aromatic N) is 6. The number of rotatable bonds is 7. The van der Waals surface area contributed by atoms with Gasteiger partial charge in [-0.05, 0) is 11.6 Å². The summed E-state index contributed by atoms with van der Waals surface area (Å²) in [6.45, 7) is 0.624. The second-order valence-corrected chi connectivity index (χ2v) is 9.24. The number of carbonyl (C=O) groups excluding carboxylic acids is 1. The van der Waals surface area contributed by atoms with Crippen molar-refractivity contribution in [1.82, 2.24) is 29.7 Å². The number of carbonyl (C=O) groups is 1. The maximum Gasteiger partial charge on any atom is 0.167 e. The Bertz CT molecular complexity index is 1390. The number of hydrogen-bond donors (Lipinski definition) is 1. The summed E-state index contributed by atoms with van der Waals surface area (Å²) in [5, 5.41) is 15.7. The molecular formula is C21H19N7OS2. The smallest absolute Gasteiger partial charge is 0.167 e. The molecule has 156 valence electrons. The van der Waals surface area contributed by atoms with E-state index in [1.54, 1.807) is 28.9 Å². The number of hydrogen-bond acceptors (Lipinski definition) is 8. The average molecular weight is 450 g/mol. The molecule has 0 radical (unpaired) electrons. The largest absolute Gasteiger partial charge is 0.325 e. The van der Waals surface area contributed by atoms with E-state index in [4.69, 9.17) is 4.98 Å². The Labute approximate surface area is 185 Å². The van der Waals surface area contributed by atoms with Crippen molar-refractivity contribution in [2.24, 2.45) is 12.1 Å². The van der Waals surface area contributed by atoms with Crippen LogP contribution in [0.2, 0.25) is 0 Å². The first-order chi connectivity index (χ1) is 15.1. The molecule has 0 saturated heterocycles. The van der Waals surface area contributed by atoms with Crippen LogP contribution in [0.25, 0.3) is 21.3 Å². The maximum atomic E-state index is 11.8. The fraction of sp³-hybridized carbons (Fsp3) is 0.190. The van der Waals surface area contributed by atoms with Gasteiger partial charge in [0.1, 0.15) is 5.01 Å². The minimum Gasteiger partial charge on any atom is -0.325 e. The Kier molecular flexibility index (Phi) is 5.08. The lowest BCUT2D eigenvalue weighted by atomic mass is 10.1. The van der Waals surface area contributed by atoms with E-state index in [1.165, 1.54) is 0 Å². The van der Waals surface area contributed by atoms with Gasteiger partial charge in [0.15, 0.2) is 11.9 Å². The van der Waals surface area contributed by atoms with Gasteiger partial charge in [0.2, 0.25) is 0 Å². The molecule has 0 aliphatic rings. The molecule has 10 heteroatoms. The molecule has 0 atom stereocenters. The summed E-state index contributed by atoms with van der Waals surface area (Å²) in [5.74, 6) is 0. The third-order valence-corrected chi connectivity index (χ3v) is 6.99. The van der Waals surface area contributed by atoms with Crippen LogP contribution in [0.15, 0.2) is 41.2 Å². The fourth-order valence-corrected chi connectivity index (χ4v) is 5.43. The van der Waals surface area contributed by atoms with Crippen LogP contribution in [-0.2, 0) is 20.0 Å². The number of fused-ring (bicyclic) bond motifs is 2. The van der Waals surface area contributed by atoms with Crippen LogP contribution in [-0.4, -0.2) is 49.3 Å². The number of benzene rings is 1. The first-order valence-electron chi connectivity index (χ1n) is 9.60. The molecule has 5 aromatic rings.